The summed E-state index contributed by atoms with van der Waals surface area (Å²) in [4.78, 5) is 4.23. The lowest BCUT2D eigenvalue weighted by molar-refractivity contribution is 0.301. The Labute approximate surface area is 89.7 Å². The lowest BCUT2D eigenvalue weighted by Gasteiger charge is -2.11. The lowest BCUT2D eigenvalue weighted by atomic mass is 10.0. The Balaban J connectivity index is 2.36. The molecule has 0 atom stereocenters. The Morgan fingerprint density at radius 1 is 1.53 bits per heavy atom. The van der Waals surface area contributed by atoms with E-state index in [1.54, 1.807) is 12.3 Å². The molecule has 0 N–H and O–H groups in total. The van der Waals surface area contributed by atoms with Gasteiger partial charge in [0.15, 0.2) is 0 Å². The quantitative estimate of drug-likeness (QED) is 0.756. The molecule has 1 heterocycles. The molecule has 0 aliphatic heterocycles. The first-order chi connectivity index (χ1) is 7.22. The third kappa shape index (κ3) is 2.10. The summed E-state index contributed by atoms with van der Waals surface area (Å²) in [6.45, 7) is 4.06. The van der Waals surface area contributed by atoms with Crippen molar-refractivity contribution in [3.05, 3.63) is 23.5 Å². The van der Waals surface area contributed by atoms with E-state index in [9.17, 15) is 0 Å². The summed E-state index contributed by atoms with van der Waals surface area (Å²) in [6.07, 6.45) is 4.24. The zero-order valence-corrected chi connectivity index (χ0v) is 9.03. The van der Waals surface area contributed by atoms with Gasteiger partial charge >= 0.3 is 0 Å². The van der Waals surface area contributed by atoms with Gasteiger partial charge in [-0.2, -0.15) is 5.26 Å². The molecule has 1 fully saturated rings. The Morgan fingerprint density at radius 2 is 2.27 bits per heavy atom. The molecular weight excluding hydrogens is 188 g/mol. The van der Waals surface area contributed by atoms with Crippen LogP contribution in [0.5, 0.6) is 5.75 Å². The third-order valence-corrected chi connectivity index (χ3v) is 2.42. The Bertz CT molecular complexity index is 403. The third-order valence-electron chi connectivity index (χ3n) is 2.42. The Kier molecular flexibility index (Phi) is 2.59. The molecule has 3 heteroatoms. The molecule has 0 spiro atoms. The maximum atomic E-state index is 9.11. The van der Waals surface area contributed by atoms with Crippen LogP contribution >= 0.6 is 0 Å². The van der Waals surface area contributed by atoms with Crippen molar-refractivity contribution >= 4 is 0 Å². The van der Waals surface area contributed by atoms with Gasteiger partial charge in [0.2, 0.25) is 0 Å². The normalized spacial score (nSPS) is 15.1. The van der Waals surface area contributed by atoms with Crippen molar-refractivity contribution in [2.75, 3.05) is 0 Å². The molecule has 0 saturated heterocycles. The smallest absolute Gasteiger partial charge is 0.140 e. The first-order valence-electron chi connectivity index (χ1n) is 5.28. The van der Waals surface area contributed by atoms with Crippen LogP contribution in [0.25, 0.3) is 0 Å². The molecule has 78 valence electrons. The number of ether oxygens (including phenoxy) is 1. The zero-order valence-electron chi connectivity index (χ0n) is 9.03. The van der Waals surface area contributed by atoms with Crippen LogP contribution in [0.15, 0.2) is 12.3 Å². The molecule has 1 aromatic heterocycles. The zero-order chi connectivity index (χ0) is 10.8. The SMILES string of the molecule is CC(C)c1nccc(OC2CC2)c1C#N. The van der Waals surface area contributed by atoms with Crippen LogP contribution in [0, 0.1) is 11.3 Å². The molecule has 15 heavy (non-hydrogen) atoms. The van der Waals surface area contributed by atoms with Gasteiger partial charge in [0.1, 0.15) is 17.4 Å². The predicted molar refractivity (Wildman–Crippen MR) is 56.7 cm³/mol. The van der Waals surface area contributed by atoms with Gasteiger partial charge in [-0.1, -0.05) is 13.8 Å². The number of pyridine rings is 1. The van der Waals surface area contributed by atoms with Gasteiger partial charge < -0.3 is 4.74 Å². The molecule has 2 rings (SSSR count). The van der Waals surface area contributed by atoms with E-state index in [1.165, 1.54) is 0 Å². The van der Waals surface area contributed by atoms with Crippen LogP contribution in [0.3, 0.4) is 0 Å². The van der Waals surface area contributed by atoms with Gasteiger partial charge in [-0.25, -0.2) is 0 Å². The lowest BCUT2D eigenvalue weighted by Crippen LogP contribution is -2.03. The van der Waals surface area contributed by atoms with Crippen molar-refractivity contribution in [3.63, 3.8) is 0 Å². The summed E-state index contributed by atoms with van der Waals surface area (Å²) in [7, 11) is 0. The largest absolute Gasteiger partial charge is 0.489 e. The van der Waals surface area contributed by atoms with Gasteiger partial charge in [-0.15, -0.1) is 0 Å². The summed E-state index contributed by atoms with van der Waals surface area (Å²) in [5.41, 5.74) is 1.43. The number of rotatable bonds is 3. The van der Waals surface area contributed by atoms with Crippen LogP contribution in [-0.4, -0.2) is 11.1 Å². The van der Waals surface area contributed by atoms with Gasteiger partial charge in [0, 0.05) is 6.20 Å². The van der Waals surface area contributed by atoms with Crippen molar-refractivity contribution in [3.8, 4) is 11.8 Å². The van der Waals surface area contributed by atoms with Crippen molar-refractivity contribution < 1.29 is 4.74 Å². The Morgan fingerprint density at radius 3 is 2.80 bits per heavy atom. The molecular formula is C12H14N2O. The molecule has 0 aromatic carbocycles. The predicted octanol–water partition coefficient (Wildman–Crippen LogP) is 2.62. The number of hydrogen-bond acceptors (Lipinski definition) is 3. The second-order valence-corrected chi connectivity index (χ2v) is 4.15. The topological polar surface area (TPSA) is 45.9 Å². The highest BCUT2D eigenvalue weighted by molar-refractivity contribution is 5.46. The minimum atomic E-state index is 0.252. The fourth-order valence-corrected chi connectivity index (χ4v) is 1.47. The monoisotopic (exact) mass is 202 g/mol. The van der Waals surface area contributed by atoms with E-state index in [-0.39, 0.29) is 5.92 Å². The van der Waals surface area contributed by atoms with Gasteiger partial charge in [0.25, 0.3) is 0 Å². The highest BCUT2D eigenvalue weighted by Gasteiger charge is 2.25. The molecule has 0 unspecified atom stereocenters. The number of aromatic nitrogens is 1. The molecule has 0 bridgehead atoms. The summed E-state index contributed by atoms with van der Waals surface area (Å²) in [5.74, 6) is 0.945. The Hall–Kier alpha value is -1.56. The maximum Gasteiger partial charge on any atom is 0.140 e. The maximum absolute atomic E-state index is 9.11. The molecule has 1 saturated carbocycles. The summed E-state index contributed by atoms with van der Waals surface area (Å²) >= 11 is 0. The summed E-state index contributed by atoms with van der Waals surface area (Å²) in [6, 6.07) is 3.97. The van der Waals surface area contributed by atoms with E-state index in [2.05, 4.69) is 11.1 Å². The van der Waals surface area contributed by atoms with E-state index in [0.717, 1.165) is 18.5 Å². The second-order valence-electron chi connectivity index (χ2n) is 4.15. The van der Waals surface area contributed by atoms with E-state index in [0.29, 0.717) is 17.4 Å². The van der Waals surface area contributed by atoms with Crippen LogP contribution < -0.4 is 4.74 Å². The molecule has 1 aliphatic rings. The highest BCUT2D eigenvalue weighted by Crippen LogP contribution is 2.31. The molecule has 3 nitrogen and oxygen atoms in total. The van der Waals surface area contributed by atoms with Crippen molar-refractivity contribution in [1.82, 2.24) is 4.98 Å². The van der Waals surface area contributed by atoms with E-state index < -0.39 is 0 Å². The van der Waals surface area contributed by atoms with Crippen molar-refractivity contribution in [1.29, 1.82) is 5.26 Å². The van der Waals surface area contributed by atoms with Crippen molar-refractivity contribution in [2.45, 2.75) is 38.7 Å². The molecule has 1 aliphatic carbocycles. The van der Waals surface area contributed by atoms with Gasteiger partial charge in [-0.05, 0) is 24.8 Å². The van der Waals surface area contributed by atoms with Gasteiger partial charge in [0.05, 0.1) is 11.8 Å². The minimum absolute atomic E-state index is 0.252. The molecule has 0 radical (unpaired) electrons. The van der Waals surface area contributed by atoms with Crippen LogP contribution in [0.2, 0.25) is 0 Å². The van der Waals surface area contributed by atoms with Crippen LogP contribution in [0.4, 0.5) is 0 Å². The van der Waals surface area contributed by atoms with Crippen LogP contribution in [-0.2, 0) is 0 Å². The number of hydrogen-bond donors (Lipinski definition) is 0. The second kappa shape index (κ2) is 3.90. The number of nitrogens with zero attached hydrogens (tertiary/aromatic N) is 2. The van der Waals surface area contributed by atoms with E-state index in [1.807, 2.05) is 13.8 Å². The molecule has 1 aromatic rings. The van der Waals surface area contributed by atoms with Gasteiger partial charge in [-0.3, -0.25) is 4.98 Å². The van der Waals surface area contributed by atoms with Crippen molar-refractivity contribution in [2.24, 2.45) is 0 Å². The van der Waals surface area contributed by atoms with Crippen LogP contribution in [0.1, 0.15) is 43.9 Å². The fraction of sp³-hybridized carbons (Fsp3) is 0.500. The van der Waals surface area contributed by atoms with E-state index >= 15 is 0 Å². The van der Waals surface area contributed by atoms with E-state index in [4.69, 9.17) is 10.00 Å². The first-order valence-corrected chi connectivity index (χ1v) is 5.28. The average molecular weight is 202 g/mol. The standard InChI is InChI=1S/C12H14N2O/c1-8(2)12-10(7-13)11(5-6-14-12)15-9-3-4-9/h5-6,8-9H,3-4H2,1-2H3. The minimum Gasteiger partial charge on any atom is -0.489 e. The fourth-order valence-electron chi connectivity index (χ4n) is 1.47. The average Bonchev–Trinajstić information content (AvgIpc) is 3.01. The highest BCUT2D eigenvalue weighted by atomic mass is 16.5. The summed E-state index contributed by atoms with van der Waals surface area (Å²) < 4.78 is 5.68. The summed E-state index contributed by atoms with van der Waals surface area (Å²) in [5, 5.41) is 9.11. The first kappa shape index (κ1) is 9.97. The molecule has 0 amide bonds. The number of nitriles is 1.